The van der Waals surface area contributed by atoms with Gasteiger partial charge in [0, 0.05) is 21.7 Å². The van der Waals surface area contributed by atoms with E-state index in [0.717, 1.165) is 0 Å². The Kier molecular flexibility index (Phi) is 5.06. The van der Waals surface area contributed by atoms with Crippen molar-refractivity contribution < 1.29 is 18.7 Å². The van der Waals surface area contributed by atoms with Crippen LogP contribution in [0.1, 0.15) is 23.0 Å². The summed E-state index contributed by atoms with van der Waals surface area (Å²) in [5, 5.41) is 3.48. The van der Waals surface area contributed by atoms with Gasteiger partial charge in [-0.25, -0.2) is 4.79 Å². The zero-order chi connectivity index (χ0) is 18.8. The third kappa shape index (κ3) is 3.47. The Hall–Kier alpha value is -2.70. The Morgan fingerprint density at radius 1 is 1.19 bits per heavy atom. The minimum Gasteiger partial charge on any atom is -0.450 e. The maximum Gasteiger partial charge on any atom is 0.411 e. The van der Waals surface area contributed by atoms with Crippen molar-refractivity contribution >= 4 is 57.4 Å². The second-order valence-corrected chi connectivity index (χ2v) is 6.21. The van der Waals surface area contributed by atoms with E-state index < -0.39 is 11.9 Å². The van der Waals surface area contributed by atoms with E-state index in [1.165, 1.54) is 6.07 Å². The van der Waals surface area contributed by atoms with Crippen molar-refractivity contribution in [2.45, 2.75) is 6.92 Å². The number of nitrogens with one attached hydrogen (secondary N) is 1. The van der Waals surface area contributed by atoms with Crippen LogP contribution in [-0.4, -0.2) is 18.5 Å². The number of nitrogens with two attached hydrogens (primary N) is 1. The van der Waals surface area contributed by atoms with Crippen molar-refractivity contribution in [1.82, 2.24) is 0 Å². The van der Waals surface area contributed by atoms with Gasteiger partial charge in [0.1, 0.15) is 5.69 Å². The highest BCUT2D eigenvalue weighted by Gasteiger charge is 2.25. The highest BCUT2D eigenvalue weighted by Crippen LogP contribution is 2.38. The number of ether oxygens (including phenoxy) is 1. The maximum absolute atomic E-state index is 12.9. The number of furan rings is 1. The molecule has 1 aromatic heterocycles. The summed E-state index contributed by atoms with van der Waals surface area (Å²) in [5.41, 5.74) is 6.89. The minimum absolute atomic E-state index is 0.0815. The molecule has 2 aromatic carbocycles. The lowest BCUT2D eigenvalue weighted by Gasteiger charge is -2.06. The molecule has 1 heterocycles. The average molecular weight is 393 g/mol. The van der Waals surface area contributed by atoms with Gasteiger partial charge >= 0.3 is 6.09 Å². The first-order chi connectivity index (χ1) is 12.4. The van der Waals surface area contributed by atoms with Gasteiger partial charge < -0.3 is 14.9 Å². The Bertz CT molecular complexity index is 997. The van der Waals surface area contributed by atoms with Gasteiger partial charge in [-0.05, 0) is 43.3 Å². The molecule has 3 N–H and O–H groups in total. The fourth-order valence-electron chi connectivity index (χ4n) is 2.44. The van der Waals surface area contributed by atoms with E-state index in [4.69, 9.17) is 38.1 Å². The molecule has 0 aliphatic heterocycles. The molecule has 0 saturated carbocycles. The Morgan fingerprint density at radius 3 is 2.54 bits per heavy atom. The maximum atomic E-state index is 12.9. The van der Waals surface area contributed by atoms with Gasteiger partial charge in [-0.3, -0.25) is 10.1 Å². The number of rotatable bonds is 4. The number of fused-ring (bicyclic) bond motifs is 1. The number of carbonyl (C=O) groups excluding carboxylic acids is 2. The molecule has 0 saturated heterocycles. The summed E-state index contributed by atoms with van der Waals surface area (Å²) in [4.78, 5) is 24.8. The number of amides is 1. The van der Waals surface area contributed by atoms with Gasteiger partial charge in [0.05, 0.1) is 11.6 Å². The van der Waals surface area contributed by atoms with E-state index in [9.17, 15) is 9.59 Å². The molecule has 6 nitrogen and oxygen atoms in total. The molecule has 0 aliphatic rings. The third-order valence-electron chi connectivity index (χ3n) is 3.59. The number of nitrogen functional groups attached to an aromatic ring is 1. The first kappa shape index (κ1) is 18.1. The minimum atomic E-state index is -0.724. The lowest BCUT2D eigenvalue weighted by molar-refractivity contribution is 0.101. The van der Waals surface area contributed by atoms with E-state index in [2.05, 4.69) is 5.32 Å². The van der Waals surface area contributed by atoms with E-state index in [-0.39, 0.29) is 28.7 Å². The van der Waals surface area contributed by atoms with Crippen LogP contribution in [0.5, 0.6) is 0 Å². The van der Waals surface area contributed by atoms with Crippen molar-refractivity contribution in [3.63, 3.8) is 0 Å². The van der Waals surface area contributed by atoms with E-state index in [1.807, 2.05) is 0 Å². The monoisotopic (exact) mass is 392 g/mol. The van der Waals surface area contributed by atoms with Crippen LogP contribution in [0.4, 0.5) is 16.2 Å². The number of hydrogen-bond acceptors (Lipinski definition) is 5. The van der Waals surface area contributed by atoms with E-state index in [0.29, 0.717) is 21.7 Å². The number of hydrogen-bond donors (Lipinski definition) is 2. The zero-order valence-electron chi connectivity index (χ0n) is 13.6. The molecule has 134 valence electrons. The van der Waals surface area contributed by atoms with Crippen molar-refractivity contribution in [2.75, 3.05) is 17.7 Å². The topological polar surface area (TPSA) is 94.6 Å². The predicted octanol–water partition coefficient (Wildman–Crippen LogP) is 5.12. The third-order valence-corrected chi connectivity index (χ3v) is 4.09. The summed E-state index contributed by atoms with van der Waals surface area (Å²) in [7, 11) is 0. The van der Waals surface area contributed by atoms with Gasteiger partial charge in [-0.2, -0.15) is 0 Å². The van der Waals surface area contributed by atoms with Gasteiger partial charge in [0.2, 0.25) is 5.78 Å². The smallest absolute Gasteiger partial charge is 0.411 e. The van der Waals surface area contributed by atoms with Crippen LogP contribution in [0.2, 0.25) is 10.0 Å². The number of carbonyl (C=O) groups is 2. The molecule has 8 heteroatoms. The average Bonchev–Trinajstić information content (AvgIpc) is 2.94. The molecule has 0 fully saturated rings. The normalized spacial score (nSPS) is 10.7. The standard InChI is InChI=1S/C18H14Cl2N2O4/c1-2-25-18(24)22-14-12-7-10(19)8-13(20)16(12)26-17(14)15(23)9-3-5-11(21)6-4-9/h3-8H,2,21H2,1H3,(H,22,24). The van der Waals surface area contributed by atoms with Crippen LogP contribution in [0.3, 0.4) is 0 Å². The first-order valence-electron chi connectivity index (χ1n) is 7.66. The number of ketones is 1. The Morgan fingerprint density at radius 2 is 1.88 bits per heavy atom. The molecule has 0 atom stereocenters. The second kappa shape index (κ2) is 7.27. The van der Waals surface area contributed by atoms with E-state index in [1.54, 1.807) is 37.3 Å². The van der Waals surface area contributed by atoms with Crippen molar-refractivity contribution in [3.05, 3.63) is 57.8 Å². The van der Waals surface area contributed by atoms with Crippen LogP contribution in [-0.2, 0) is 4.74 Å². The Labute approximate surface area is 158 Å². The molecular weight excluding hydrogens is 379 g/mol. The number of benzene rings is 2. The molecule has 0 radical (unpaired) electrons. The molecule has 0 bridgehead atoms. The quantitative estimate of drug-likeness (QED) is 0.474. The highest BCUT2D eigenvalue weighted by atomic mass is 35.5. The van der Waals surface area contributed by atoms with Crippen LogP contribution in [0, 0.1) is 0 Å². The van der Waals surface area contributed by atoms with Crippen LogP contribution in [0.25, 0.3) is 11.0 Å². The number of halogens is 2. The SMILES string of the molecule is CCOC(=O)Nc1c(C(=O)c2ccc(N)cc2)oc2c(Cl)cc(Cl)cc12. The fourth-order valence-corrected chi connectivity index (χ4v) is 2.98. The van der Waals surface area contributed by atoms with E-state index >= 15 is 0 Å². The molecule has 0 aliphatic carbocycles. The largest absolute Gasteiger partial charge is 0.450 e. The lowest BCUT2D eigenvalue weighted by Crippen LogP contribution is -2.15. The molecule has 26 heavy (non-hydrogen) atoms. The molecule has 3 aromatic rings. The fraction of sp³-hybridized carbons (Fsp3) is 0.111. The molecule has 0 spiro atoms. The van der Waals surface area contributed by atoms with Crippen molar-refractivity contribution in [1.29, 1.82) is 0 Å². The van der Waals surface area contributed by atoms with Crippen LogP contribution in [0.15, 0.2) is 40.8 Å². The number of anilines is 2. The van der Waals surface area contributed by atoms with Crippen molar-refractivity contribution in [2.24, 2.45) is 0 Å². The van der Waals surface area contributed by atoms with Crippen LogP contribution >= 0.6 is 23.2 Å². The van der Waals surface area contributed by atoms with Gasteiger partial charge in [0.25, 0.3) is 0 Å². The van der Waals surface area contributed by atoms with Gasteiger partial charge in [-0.15, -0.1) is 0 Å². The Balaban J connectivity index is 2.16. The summed E-state index contributed by atoms with van der Waals surface area (Å²) >= 11 is 12.2. The summed E-state index contributed by atoms with van der Waals surface area (Å²) in [6, 6.07) is 9.35. The highest BCUT2D eigenvalue weighted by molar-refractivity contribution is 6.39. The summed E-state index contributed by atoms with van der Waals surface area (Å²) in [6.07, 6.45) is -0.724. The predicted molar refractivity (Wildman–Crippen MR) is 101 cm³/mol. The summed E-state index contributed by atoms with van der Waals surface area (Å²) in [6.45, 7) is 1.84. The lowest BCUT2D eigenvalue weighted by atomic mass is 10.1. The molecular formula is C18H14Cl2N2O4. The van der Waals surface area contributed by atoms with Crippen molar-refractivity contribution in [3.8, 4) is 0 Å². The summed E-state index contributed by atoms with van der Waals surface area (Å²) in [5.74, 6) is -0.526. The summed E-state index contributed by atoms with van der Waals surface area (Å²) < 4.78 is 10.6. The first-order valence-corrected chi connectivity index (χ1v) is 8.42. The van der Waals surface area contributed by atoms with Crippen LogP contribution < -0.4 is 11.1 Å². The van der Waals surface area contributed by atoms with Gasteiger partial charge in [-0.1, -0.05) is 23.2 Å². The molecule has 0 unspecified atom stereocenters. The molecule has 3 rings (SSSR count). The molecule has 1 amide bonds. The zero-order valence-corrected chi connectivity index (χ0v) is 15.1. The second-order valence-electron chi connectivity index (χ2n) is 5.37. The van der Waals surface area contributed by atoms with Gasteiger partial charge in [0.15, 0.2) is 11.3 Å².